The van der Waals surface area contributed by atoms with E-state index in [1.165, 1.54) is 12.2 Å². The van der Waals surface area contributed by atoms with E-state index in [1.54, 1.807) is 0 Å². The average molecular weight is 317 g/mol. The van der Waals surface area contributed by atoms with E-state index in [9.17, 15) is 5.11 Å². The second kappa shape index (κ2) is 11.2. The highest BCUT2D eigenvalue weighted by atomic mass is 32.2. The molecule has 1 rings (SSSR count). The van der Waals surface area contributed by atoms with Gasteiger partial charge in [0.1, 0.15) is 0 Å². The van der Waals surface area contributed by atoms with Crippen molar-refractivity contribution in [3.05, 3.63) is 0 Å². The molecule has 1 aliphatic rings. The first-order valence-corrected chi connectivity index (χ1v) is 9.35. The number of rotatable bonds is 10. The van der Waals surface area contributed by atoms with Crippen LogP contribution >= 0.6 is 11.8 Å². The monoisotopic (exact) mass is 317 g/mol. The second-order valence-corrected chi connectivity index (χ2v) is 6.58. The Morgan fingerprint density at radius 2 is 2.24 bits per heavy atom. The molecule has 1 heterocycles. The van der Waals surface area contributed by atoms with E-state index < -0.39 is 0 Å². The van der Waals surface area contributed by atoms with Crippen LogP contribution in [0.25, 0.3) is 0 Å². The third kappa shape index (κ3) is 7.38. The van der Waals surface area contributed by atoms with E-state index in [-0.39, 0.29) is 12.0 Å². The molecule has 1 unspecified atom stereocenters. The Hall–Kier alpha value is -0.460. The van der Waals surface area contributed by atoms with Gasteiger partial charge in [-0.3, -0.25) is 4.99 Å². The Bertz CT molecular complexity index is 295. The molecule has 0 spiro atoms. The molecule has 0 amide bonds. The van der Waals surface area contributed by atoms with Crippen LogP contribution in [0.5, 0.6) is 0 Å². The Balaban J connectivity index is 2.42. The lowest BCUT2D eigenvalue weighted by Gasteiger charge is -2.24. The topological polar surface area (TPSA) is 65.9 Å². The van der Waals surface area contributed by atoms with Crippen LogP contribution in [0.4, 0.5) is 0 Å². The summed E-state index contributed by atoms with van der Waals surface area (Å²) in [6.07, 6.45) is 6.29. The molecule has 1 saturated heterocycles. The molecule has 0 radical (unpaired) electrons. The fourth-order valence-corrected chi connectivity index (χ4v) is 2.95. The maximum Gasteiger partial charge on any atom is 0.191 e. The summed E-state index contributed by atoms with van der Waals surface area (Å²) in [6, 6.07) is 0. The maximum atomic E-state index is 9.25. The summed E-state index contributed by atoms with van der Waals surface area (Å²) < 4.78 is 5.51. The highest BCUT2D eigenvalue weighted by Gasteiger charge is 2.34. The van der Waals surface area contributed by atoms with E-state index in [2.05, 4.69) is 23.8 Å². The molecule has 3 N–H and O–H groups in total. The van der Waals surface area contributed by atoms with E-state index in [0.717, 1.165) is 44.9 Å². The number of nitrogens with zero attached hydrogens (tertiary/aromatic N) is 1. The van der Waals surface area contributed by atoms with Crippen molar-refractivity contribution in [3.63, 3.8) is 0 Å². The van der Waals surface area contributed by atoms with E-state index in [1.807, 2.05) is 11.8 Å². The van der Waals surface area contributed by atoms with Crippen molar-refractivity contribution < 1.29 is 9.84 Å². The Morgan fingerprint density at radius 1 is 1.38 bits per heavy atom. The quantitative estimate of drug-likeness (QED) is 0.323. The molecule has 6 heteroatoms. The predicted octanol–water partition coefficient (Wildman–Crippen LogP) is 1.47. The van der Waals surface area contributed by atoms with Crippen LogP contribution in [-0.2, 0) is 4.74 Å². The summed E-state index contributed by atoms with van der Waals surface area (Å²) in [5.41, 5.74) is 0.0238. The summed E-state index contributed by atoms with van der Waals surface area (Å²) in [6.45, 7) is 6.31. The fourth-order valence-electron chi connectivity index (χ4n) is 2.45. The van der Waals surface area contributed by atoms with Gasteiger partial charge in [0.25, 0.3) is 0 Å². The number of nitrogens with one attached hydrogen (secondary N) is 2. The van der Waals surface area contributed by atoms with Crippen LogP contribution in [-0.4, -0.2) is 62.5 Å². The van der Waals surface area contributed by atoms with Gasteiger partial charge in [-0.05, 0) is 44.6 Å². The van der Waals surface area contributed by atoms with Crippen molar-refractivity contribution in [2.24, 2.45) is 10.4 Å². The highest BCUT2D eigenvalue weighted by Crippen LogP contribution is 2.32. The van der Waals surface area contributed by atoms with Crippen LogP contribution in [0.3, 0.4) is 0 Å². The number of unbranched alkanes of at least 4 members (excludes halogenated alkanes) is 1. The van der Waals surface area contributed by atoms with Gasteiger partial charge >= 0.3 is 0 Å². The van der Waals surface area contributed by atoms with Crippen LogP contribution < -0.4 is 10.6 Å². The van der Waals surface area contributed by atoms with Gasteiger partial charge in [0.05, 0.1) is 13.2 Å². The van der Waals surface area contributed by atoms with Gasteiger partial charge in [0.2, 0.25) is 0 Å². The van der Waals surface area contributed by atoms with Crippen molar-refractivity contribution in [2.75, 3.05) is 51.5 Å². The number of aliphatic hydroxyl groups excluding tert-OH is 1. The van der Waals surface area contributed by atoms with Crippen molar-refractivity contribution >= 4 is 17.7 Å². The predicted molar refractivity (Wildman–Crippen MR) is 91.2 cm³/mol. The molecule has 1 aliphatic heterocycles. The first-order valence-electron chi connectivity index (χ1n) is 7.96. The zero-order chi connectivity index (χ0) is 15.4. The first kappa shape index (κ1) is 18.6. The summed E-state index contributed by atoms with van der Waals surface area (Å²) in [5, 5.41) is 15.9. The summed E-state index contributed by atoms with van der Waals surface area (Å²) in [4.78, 5) is 4.70. The number of ether oxygens (including phenoxy) is 1. The van der Waals surface area contributed by atoms with Gasteiger partial charge in [-0.25, -0.2) is 0 Å². The molecule has 0 aliphatic carbocycles. The molecule has 0 aromatic rings. The lowest BCUT2D eigenvalue weighted by Crippen LogP contribution is -2.39. The lowest BCUT2D eigenvalue weighted by molar-refractivity contribution is 0.131. The standard InChI is InChI=1S/C15H31N3O2S/c1-3-16-14(17-8-4-5-11-21-2)18-12-15(6-9-19)7-10-20-13-15/h19H,3-13H2,1-2H3,(H2,16,17,18). The SMILES string of the molecule is CCNC(=NCC1(CCO)CCOC1)NCCCCSC. The van der Waals surface area contributed by atoms with Gasteiger partial charge in [0, 0.05) is 31.7 Å². The van der Waals surface area contributed by atoms with Gasteiger partial charge in [-0.15, -0.1) is 0 Å². The third-order valence-corrected chi connectivity index (χ3v) is 4.51. The lowest BCUT2D eigenvalue weighted by atomic mass is 9.84. The molecule has 21 heavy (non-hydrogen) atoms. The molecule has 124 valence electrons. The van der Waals surface area contributed by atoms with Crippen molar-refractivity contribution in [1.82, 2.24) is 10.6 Å². The Labute approximate surface area is 133 Å². The van der Waals surface area contributed by atoms with Crippen molar-refractivity contribution in [1.29, 1.82) is 0 Å². The molecular weight excluding hydrogens is 286 g/mol. The van der Waals surface area contributed by atoms with E-state index in [4.69, 9.17) is 9.73 Å². The molecule has 1 atom stereocenters. The summed E-state index contributed by atoms with van der Waals surface area (Å²) in [7, 11) is 0. The minimum Gasteiger partial charge on any atom is -0.396 e. The second-order valence-electron chi connectivity index (χ2n) is 5.60. The smallest absolute Gasteiger partial charge is 0.191 e. The van der Waals surface area contributed by atoms with E-state index in [0.29, 0.717) is 13.2 Å². The Kier molecular flexibility index (Phi) is 9.87. The fraction of sp³-hybridized carbons (Fsp3) is 0.933. The molecular formula is C15H31N3O2S. The average Bonchev–Trinajstić information content (AvgIpc) is 2.94. The number of thioether (sulfide) groups is 1. The minimum atomic E-state index is 0.0238. The molecule has 0 aromatic heterocycles. The number of aliphatic imine (C=N–C) groups is 1. The first-order chi connectivity index (χ1) is 10.3. The number of hydrogen-bond acceptors (Lipinski definition) is 4. The van der Waals surface area contributed by atoms with Crippen molar-refractivity contribution in [2.45, 2.75) is 32.6 Å². The molecule has 1 fully saturated rings. The van der Waals surface area contributed by atoms with Gasteiger partial charge in [0.15, 0.2) is 5.96 Å². The van der Waals surface area contributed by atoms with Crippen LogP contribution in [0, 0.1) is 5.41 Å². The van der Waals surface area contributed by atoms with E-state index >= 15 is 0 Å². The Morgan fingerprint density at radius 3 is 2.86 bits per heavy atom. The maximum absolute atomic E-state index is 9.25. The third-order valence-electron chi connectivity index (χ3n) is 3.81. The molecule has 0 aromatic carbocycles. The van der Waals surface area contributed by atoms with Crippen LogP contribution in [0.1, 0.15) is 32.6 Å². The molecule has 0 saturated carbocycles. The highest BCUT2D eigenvalue weighted by molar-refractivity contribution is 7.98. The largest absolute Gasteiger partial charge is 0.396 e. The molecule has 5 nitrogen and oxygen atoms in total. The van der Waals surface area contributed by atoms with Crippen molar-refractivity contribution in [3.8, 4) is 0 Å². The number of hydrogen-bond donors (Lipinski definition) is 3. The van der Waals surface area contributed by atoms with Gasteiger partial charge in [-0.1, -0.05) is 0 Å². The van der Waals surface area contributed by atoms with Gasteiger partial charge < -0.3 is 20.5 Å². The van der Waals surface area contributed by atoms with Crippen LogP contribution in [0.2, 0.25) is 0 Å². The number of aliphatic hydroxyl groups is 1. The zero-order valence-electron chi connectivity index (χ0n) is 13.5. The van der Waals surface area contributed by atoms with Gasteiger partial charge in [-0.2, -0.15) is 11.8 Å². The summed E-state index contributed by atoms with van der Waals surface area (Å²) in [5.74, 6) is 2.10. The summed E-state index contributed by atoms with van der Waals surface area (Å²) >= 11 is 1.89. The molecule has 0 bridgehead atoms. The minimum absolute atomic E-state index is 0.0238. The normalized spacial score (nSPS) is 22.5. The number of guanidine groups is 1. The zero-order valence-corrected chi connectivity index (χ0v) is 14.3. The van der Waals surface area contributed by atoms with Crippen LogP contribution in [0.15, 0.2) is 4.99 Å².